The Morgan fingerprint density at radius 3 is 2.61 bits per heavy atom. The van der Waals surface area contributed by atoms with Crippen LogP contribution in [0.25, 0.3) is 5.52 Å². The highest BCUT2D eigenvalue weighted by molar-refractivity contribution is 7.90. The molecule has 0 atom stereocenters. The lowest BCUT2D eigenvalue weighted by atomic mass is 10.1. The third kappa shape index (κ3) is 5.63. The zero-order chi connectivity index (χ0) is 26.7. The fraction of sp³-hybridized carbons (Fsp3) is 0.107. The molecule has 0 bridgehead atoms. The topological polar surface area (TPSA) is 98.4 Å². The molecule has 0 spiro atoms. The maximum atomic E-state index is 13.3. The zero-order valence-electron chi connectivity index (χ0n) is 20.3. The second-order valence-corrected chi connectivity index (χ2v) is 10.6. The van der Waals surface area contributed by atoms with Gasteiger partial charge in [-0.3, -0.25) is 9.48 Å². The number of halogens is 1. The lowest BCUT2D eigenvalue weighted by Crippen LogP contribution is -2.23. The molecule has 3 heterocycles. The zero-order valence-corrected chi connectivity index (χ0v) is 21.1. The summed E-state index contributed by atoms with van der Waals surface area (Å²) in [5, 5.41) is 7.02. The fourth-order valence-electron chi connectivity index (χ4n) is 3.89. The highest BCUT2D eigenvalue weighted by Gasteiger charge is 2.22. The van der Waals surface area contributed by atoms with E-state index in [-0.39, 0.29) is 34.2 Å². The minimum absolute atomic E-state index is 0.0134. The van der Waals surface area contributed by atoms with Gasteiger partial charge in [0, 0.05) is 42.7 Å². The number of nitrogens with zero attached hydrogens (tertiary/aromatic N) is 4. The summed E-state index contributed by atoms with van der Waals surface area (Å²) in [7, 11) is -2.13. The molecule has 8 nitrogen and oxygen atoms in total. The number of aryl methyl sites for hydroxylation is 1. The van der Waals surface area contributed by atoms with Crippen molar-refractivity contribution in [2.24, 2.45) is 7.05 Å². The van der Waals surface area contributed by atoms with Crippen LogP contribution in [0, 0.1) is 17.7 Å². The summed E-state index contributed by atoms with van der Waals surface area (Å²) >= 11 is 0. The van der Waals surface area contributed by atoms with Crippen LogP contribution in [0.5, 0.6) is 0 Å². The van der Waals surface area contributed by atoms with Gasteiger partial charge in [0.25, 0.3) is 5.91 Å². The van der Waals surface area contributed by atoms with Crippen molar-refractivity contribution < 1.29 is 17.6 Å². The molecule has 1 amide bonds. The van der Waals surface area contributed by atoms with E-state index in [1.54, 1.807) is 31.8 Å². The van der Waals surface area contributed by atoms with Gasteiger partial charge in [-0.05, 0) is 66.2 Å². The molecule has 0 saturated heterocycles. The predicted octanol–water partition coefficient (Wildman–Crippen LogP) is 3.51. The number of carbonyl (C=O) groups is 1. The molecule has 38 heavy (non-hydrogen) atoms. The number of hydrogen-bond donors (Lipinski definition) is 1. The van der Waals surface area contributed by atoms with Crippen molar-refractivity contribution in [1.82, 2.24) is 24.5 Å². The first-order chi connectivity index (χ1) is 18.3. The first-order valence-electron chi connectivity index (χ1n) is 11.6. The third-order valence-electron chi connectivity index (χ3n) is 5.80. The normalized spacial score (nSPS) is 11.2. The predicted molar refractivity (Wildman–Crippen MR) is 139 cm³/mol. The molecule has 0 saturated carbocycles. The summed E-state index contributed by atoms with van der Waals surface area (Å²) in [6.07, 6.45) is 6.93. The van der Waals surface area contributed by atoms with Crippen LogP contribution in [0.4, 0.5) is 4.39 Å². The van der Waals surface area contributed by atoms with Gasteiger partial charge in [0.1, 0.15) is 5.82 Å². The standard InChI is InChI=1S/C28H22FN5O3S/c1-33-12-11-25(32-33)18-38(36,37)27-9-6-23(15-22(27)5-2-20-3-7-24(29)8-4-20)28(35)31-16-21-10-13-34-19-30-17-26(34)14-21/h3-4,6-15,17,19H,16,18H2,1H3,(H,31,35). The molecule has 0 aliphatic heterocycles. The van der Waals surface area contributed by atoms with E-state index in [0.717, 1.165) is 11.1 Å². The number of benzene rings is 2. The Kier molecular flexibility index (Phi) is 6.77. The second-order valence-electron chi connectivity index (χ2n) is 8.65. The molecular formula is C28H22FN5O3S. The van der Waals surface area contributed by atoms with Crippen LogP contribution in [0.2, 0.25) is 0 Å². The van der Waals surface area contributed by atoms with Crippen LogP contribution in [-0.2, 0) is 29.2 Å². The largest absolute Gasteiger partial charge is 0.348 e. The Balaban J connectivity index is 1.44. The van der Waals surface area contributed by atoms with E-state index in [2.05, 4.69) is 27.2 Å². The average Bonchev–Trinajstić information content (AvgIpc) is 3.54. The van der Waals surface area contributed by atoms with E-state index in [0.29, 0.717) is 11.3 Å². The van der Waals surface area contributed by atoms with E-state index in [9.17, 15) is 17.6 Å². The van der Waals surface area contributed by atoms with E-state index in [1.807, 2.05) is 22.7 Å². The Morgan fingerprint density at radius 1 is 1.03 bits per heavy atom. The van der Waals surface area contributed by atoms with Crippen LogP contribution in [0.3, 0.4) is 0 Å². The molecule has 0 aliphatic carbocycles. The van der Waals surface area contributed by atoms with Gasteiger partial charge in [-0.25, -0.2) is 17.8 Å². The third-order valence-corrected chi connectivity index (χ3v) is 7.50. The van der Waals surface area contributed by atoms with Crippen molar-refractivity contribution in [3.63, 3.8) is 0 Å². The Morgan fingerprint density at radius 2 is 1.84 bits per heavy atom. The molecule has 1 N–H and O–H groups in total. The lowest BCUT2D eigenvalue weighted by molar-refractivity contribution is 0.0950. The van der Waals surface area contributed by atoms with Gasteiger partial charge in [-0.2, -0.15) is 5.10 Å². The molecule has 2 aromatic carbocycles. The van der Waals surface area contributed by atoms with Gasteiger partial charge in [-0.15, -0.1) is 0 Å². The number of imidazole rings is 1. The summed E-state index contributed by atoms with van der Waals surface area (Å²) in [4.78, 5) is 17.0. The summed E-state index contributed by atoms with van der Waals surface area (Å²) in [6, 6.07) is 15.3. The minimum Gasteiger partial charge on any atom is -0.348 e. The molecule has 10 heteroatoms. The summed E-state index contributed by atoms with van der Waals surface area (Å²) in [5.74, 6) is 4.63. The first-order valence-corrected chi connectivity index (χ1v) is 13.2. The van der Waals surface area contributed by atoms with Crippen molar-refractivity contribution in [3.8, 4) is 11.8 Å². The first kappa shape index (κ1) is 24.9. The minimum atomic E-state index is -3.83. The number of fused-ring (bicyclic) bond motifs is 1. The Bertz CT molecular complexity index is 1810. The molecular weight excluding hydrogens is 505 g/mol. The van der Waals surface area contributed by atoms with Crippen LogP contribution >= 0.6 is 0 Å². The molecule has 0 unspecified atom stereocenters. The highest BCUT2D eigenvalue weighted by Crippen LogP contribution is 2.22. The SMILES string of the molecule is Cn1ccc(CS(=O)(=O)c2ccc(C(=O)NCc3ccn4cncc4c3)cc2C#Cc2ccc(F)cc2)n1. The monoisotopic (exact) mass is 527 g/mol. The van der Waals surface area contributed by atoms with Gasteiger partial charge < -0.3 is 9.72 Å². The number of carbonyl (C=O) groups excluding carboxylic acids is 1. The van der Waals surface area contributed by atoms with E-state index in [1.165, 1.54) is 47.1 Å². The maximum absolute atomic E-state index is 13.3. The average molecular weight is 528 g/mol. The van der Waals surface area contributed by atoms with Crippen molar-refractivity contribution >= 4 is 21.3 Å². The molecule has 5 rings (SSSR count). The van der Waals surface area contributed by atoms with Gasteiger partial charge in [0.05, 0.1) is 34.4 Å². The molecule has 0 radical (unpaired) electrons. The number of nitrogens with one attached hydrogen (secondary N) is 1. The van der Waals surface area contributed by atoms with Gasteiger partial charge >= 0.3 is 0 Å². The summed E-state index contributed by atoms with van der Waals surface area (Å²) < 4.78 is 43.3. The van der Waals surface area contributed by atoms with Crippen molar-refractivity contribution in [3.05, 3.63) is 119 Å². The summed E-state index contributed by atoms with van der Waals surface area (Å²) in [6.45, 7) is 0.275. The molecule has 0 aliphatic rings. The number of sulfone groups is 1. The van der Waals surface area contributed by atoms with E-state index >= 15 is 0 Å². The lowest BCUT2D eigenvalue weighted by Gasteiger charge is -2.10. The number of rotatable bonds is 6. The van der Waals surface area contributed by atoms with Crippen LogP contribution in [-0.4, -0.2) is 33.5 Å². The Labute approximate surface area is 218 Å². The van der Waals surface area contributed by atoms with Crippen molar-refractivity contribution in [2.45, 2.75) is 17.2 Å². The van der Waals surface area contributed by atoms with Crippen molar-refractivity contribution in [1.29, 1.82) is 0 Å². The molecule has 5 aromatic rings. The summed E-state index contributed by atoms with van der Waals surface area (Å²) in [5.41, 5.74) is 3.11. The highest BCUT2D eigenvalue weighted by atomic mass is 32.2. The number of aromatic nitrogens is 4. The van der Waals surface area contributed by atoms with Crippen LogP contribution in [0.15, 0.2) is 90.5 Å². The smallest absolute Gasteiger partial charge is 0.251 e. The molecule has 190 valence electrons. The molecule has 0 fully saturated rings. The second kappa shape index (κ2) is 10.3. The molecule has 3 aromatic heterocycles. The van der Waals surface area contributed by atoms with Crippen LogP contribution < -0.4 is 5.32 Å². The van der Waals surface area contributed by atoms with Crippen LogP contribution in [0.1, 0.15) is 32.7 Å². The van der Waals surface area contributed by atoms with Gasteiger partial charge in [0.15, 0.2) is 9.84 Å². The number of pyridine rings is 1. The number of hydrogen-bond acceptors (Lipinski definition) is 5. The van der Waals surface area contributed by atoms with Crippen molar-refractivity contribution in [2.75, 3.05) is 0 Å². The maximum Gasteiger partial charge on any atom is 0.251 e. The van der Waals surface area contributed by atoms with E-state index < -0.39 is 15.7 Å². The van der Waals surface area contributed by atoms with E-state index in [4.69, 9.17) is 0 Å². The van der Waals surface area contributed by atoms with Gasteiger partial charge in [-0.1, -0.05) is 11.8 Å². The Hall–Kier alpha value is -4.75. The fourth-order valence-corrected chi connectivity index (χ4v) is 5.30. The number of amides is 1. The quantitative estimate of drug-likeness (QED) is 0.341. The van der Waals surface area contributed by atoms with Gasteiger partial charge in [0.2, 0.25) is 0 Å².